The van der Waals surface area contributed by atoms with E-state index in [1.807, 2.05) is 35.7 Å². The van der Waals surface area contributed by atoms with Gasteiger partial charge in [-0.3, -0.25) is 9.59 Å². The van der Waals surface area contributed by atoms with E-state index in [-0.39, 0.29) is 17.7 Å². The Hall–Kier alpha value is -2.34. The van der Waals surface area contributed by atoms with Gasteiger partial charge in [-0.15, -0.1) is 11.3 Å². The SMILES string of the molecule is CNC(=O)C(NC(=O)c1cc(-c2ccc(OC)cc2)cs1)C1CCCCC1. The van der Waals surface area contributed by atoms with Crippen LogP contribution in [0.1, 0.15) is 41.8 Å². The van der Waals surface area contributed by atoms with E-state index in [0.29, 0.717) is 4.88 Å². The monoisotopic (exact) mass is 386 g/mol. The third-order valence-electron chi connectivity index (χ3n) is 5.18. The van der Waals surface area contributed by atoms with E-state index in [1.54, 1.807) is 14.2 Å². The molecule has 2 amide bonds. The Morgan fingerprint density at radius 1 is 1.11 bits per heavy atom. The number of hydrogen-bond acceptors (Lipinski definition) is 4. The number of amides is 2. The largest absolute Gasteiger partial charge is 0.497 e. The quantitative estimate of drug-likeness (QED) is 0.792. The van der Waals surface area contributed by atoms with E-state index >= 15 is 0 Å². The average molecular weight is 387 g/mol. The predicted octanol–water partition coefficient (Wildman–Crippen LogP) is 3.85. The summed E-state index contributed by atoms with van der Waals surface area (Å²) < 4.78 is 5.18. The molecule has 1 unspecified atom stereocenters. The summed E-state index contributed by atoms with van der Waals surface area (Å²) in [6.07, 6.45) is 5.42. The molecule has 1 atom stereocenters. The second-order valence-corrected chi connectivity index (χ2v) is 7.80. The van der Waals surface area contributed by atoms with Crippen molar-refractivity contribution in [1.82, 2.24) is 10.6 Å². The molecule has 3 rings (SSSR count). The van der Waals surface area contributed by atoms with Gasteiger partial charge in [0, 0.05) is 7.05 Å². The maximum absolute atomic E-state index is 12.8. The van der Waals surface area contributed by atoms with Crippen LogP contribution in [0.2, 0.25) is 0 Å². The Kier molecular flexibility index (Phi) is 6.50. The van der Waals surface area contributed by atoms with Gasteiger partial charge in [0.25, 0.3) is 5.91 Å². The van der Waals surface area contributed by atoms with Crippen molar-refractivity contribution in [2.75, 3.05) is 14.2 Å². The summed E-state index contributed by atoms with van der Waals surface area (Å²) >= 11 is 1.40. The fourth-order valence-electron chi connectivity index (χ4n) is 3.62. The Morgan fingerprint density at radius 3 is 2.44 bits per heavy atom. The minimum atomic E-state index is -0.464. The third-order valence-corrected chi connectivity index (χ3v) is 6.11. The van der Waals surface area contributed by atoms with Crippen molar-refractivity contribution in [3.63, 3.8) is 0 Å². The molecule has 1 aliphatic rings. The topological polar surface area (TPSA) is 67.4 Å². The standard InChI is InChI=1S/C21H26N2O3S/c1-22-21(25)19(15-6-4-3-5-7-15)23-20(24)18-12-16(13-27-18)14-8-10-17(26-2)11-9-14/h8-13,15,19H,3-7H2,1-2H3,(H,22,25)(H,23,24). The van der Waals surface area contributed by atoms with E-state index in [0.717, 1.165) is 42.6 Å². The van der Waals surface area contributed by atoms with Gasteiger partial charge in [-0.2, -0.15) is 0 Å². The molecule has 1 saturated carbocycles. The van der Waals surface area contributed by atoms with Gasteiger partial charge >= 0.3 is 0 Å². The number of nitrogens with one attached hydrogen (secondary N) is 2. The molecule has 144 valence electrons. The third kappa shape index (κ3) is 4.69. The maximum Gasteiger partial charge on any atom is 0.262 e. The van der Waals surface area contributed by atoms with Crippen LogP contribution in [-0.4, -0.2) is 32.0 Å². The first-order valence-electron chi connectivity index (χ1n) is 9.38. The highest BCUT2D eigenvalue weighted by Crippen LogP contribution is 2.29. The lowest BCUT2D eigenvalue weighted by atomic mass is 9.83. The van der Waals surface area contributed by atoms with Gasteiger partial charge in [-0.05, 0) is 53.5 Å². The van der Waals surface area contributed by atoms with E-state index in [1.165, 1.54) is 17.8 Å². The lowest BCUT2D eigenvalue weighted by Crippen LogP contribution is -2.50. The van der Waals surface area contributed by atoms with Crippen molar-refractivity contribution in [3.8, 4) is 16.9 Å². The van der Waals surface area contributed by atoms with Crippen molar-refractivity contribution >= 4 is 23.2 Å². The van der Waals surface area contributed by atoms with E-state index in [4.69, 9.17) is 4.74 Å². The Bertz CT molecular complexity index is 779. The zero-order chi connectivity index (χ0) is 19.2. The molecule has 2 aromatic rings. The molecule has 1 aliphatic carbocycles. The summed E-state index contributed by atoms with van der Waals surface area (Å²) in [5.74, 6) is 0.720. The highest BCUT2D eigenvalue weighted by Gasteiger charge is 2.30. The highest BCUT2D eigenvalue weighted by atomic mass is 32.1. The number of thiophene rings is 1. The molecular weight excluding hydrogens is 360 g/mol. The molecule has 1 aromatic carbocycles. The number of likely N-dealkylation sites (N-methyl/N-ethyl adjacent to an activating group) is 1. The summed E-state index contributed by atoms with van der Waals surface area (Å²) in [6, 6.07) is 9.16. The Balaban J connectivity index is 1.72. The molecule has 2 N–H and O–H groups in total. The normalized spacial score (nSPS) is 15.8. The van der Waals surface area contributed by atoms with Crippen molar-refractivity contribution in [1.29, 1.82) is 0 Å². The van der Waals surface area contributed by atoms with Gasteiger partial charge in [0.05, 0.1) is 12.0 Å². The zero-order valence-corrected chi connectivity index (χ0v) is 16.6. The number of rotatable bonds is 6. The van der Waals surface area contributed by atoms with Crippen molar-refractivity contribution in [3.05, 3.63) is 40.6 Å². The van der Waals surface area contributed by atoms with Gasteiger partial charge in [0.15, 0.2) is 0 Å². The molecule has 0 radical (unpaired) electrons. The first-order valence-corrected chi connectivity index (χ1v) is 10.3. The minimum Gasteiger partial charge on any atom is -0.497 e. The zero-order valence-electron chi connectivity index (χ0n) is 15.8. The molecule has 6 heteroatoms. The van der Waals surface area contributed by atoms with E-state index < -0.39 is 6.04 Å². The average Bonchev–Trinajstić information content (AvgIpc) is 3.22. The van der Waals surface area contributed by atoms with Gasteiger partial charge in [-0.25, -0.2) is 0 Å². The summed E-state index contributed by atoms with van der Waals surface area (Å²) in [5, 5.41) is 7.64. The summed E-state index contributed by atoms with van der Waals surface area (Å²) in [5.41, 5.74) is 2.02. The first-order chi connectivity index (χ1) is 13.1. The van der Waals surface area contributed by atoms with Crippen LogP contribution in [-0.2, 0) is 4.79 Å². The Morgan fingerprint density at radius 2 is 1.81 bits per heavy atom. The number of ether oxygens (including phenoxy) is 1. The lowest BCUT2D eigenvalue weighted by Gasteiger charge is -2.29. The molecule has 1 heterocycles. The molecule has 1 aromatic heterocycles. The Labute approximate surface area is 164 Å². The van der Waals surface area contributed by atoms with Crippen LogP contribution in [0, 0.1) is 5.92 Å². The van der Waals surface area contributed by atoms with Crippen LogP contribution in [0.25, 0.3) is 11.1 Å². The van der Waals surface area contributed by atoms with Crippen LogP contribution in [0.3, 0.4) is 0 Å². The van der Waals surface area contributed by atoms with Crippen molar-refractivity contribution in [2.45, 2.75) is 38.1 Å². The van der Waals surface area contributed by atoms with Gasteiger partial charge in [0.1, 0.15) is 11.8 Å². The molecular formula is C21H26N2O3S. The fraction of sp³-hybridized carbons (Fsp3) is 0.429. The van der Waals surface area contributed by atoms with Crippen molar-refractivity contribution < 1.29 is 14.3 Å². The first kappa shape index (κ1) is 19.4. The molecule has 0 bridgehead atoms. The number of carbonyl (C=O) groups excluding carboxylic acids is 2. The van der Waals surface area contributed by atoms with Gasteiger partial charge < -0.3 is 15.4 Å². The van der Waals surface area contributed by atoms with Crippen LogP contribution in [0.15, 0.2) is 35.7 Å². The van der Waals surface area contributed by atoms with Crippen LogP contribution in [0.5, 0.6) is 5.75 Å². The minimum absolute atomic E-state index is 0.109. The summed E-state index contributed by atoms with van der Waals surface area (Å²) in [6.45, 7) is 0. The number of carbonyl (C=O) groups is 2. The summed E-state index contributed by atoms with van der Waals surface area (Å²) in [7, 11) is 3.26. The van der Waals surface area contributed by atoms with E-state index in [2.05, 4.69) is 10.6 Å². The van der Waals surface area contributed by atoms with Crippen LogP contribution in [0.4, 0.5) is 0 Å². The highest BCUT2D eigenvalue weighted by molar-refractivity contribution is 7.12. The van der Waals surface area contributed by atoms with Gasteiger partial charge in [0.2, 0.25) is 5.91 Å². The molecule has 27 heavy (non-hydrogen) atoms. The maximum atomic E-state index is 12.8. The molecule has 5 nitrogen and oxygen atoms in total. The van der Waals surface area contributed by atoms with E-state index in [9.17, 15) is 9.59 Å². The smallest absolute Gasteiger partial charge is 0.262 e. The second kappa shape index (κ2) is 9.04. The molecule has 1 fully saturated rings. The number of hydrogen-bond donors (Lipinski definition) is 2. The summed E-state index contributed by atoms with van der Waals surface area (Å²) in [4.78, 5) is 25.7. The molecule has 0 aliphatic heterocycles. The molecule has 0 saturated heterocycles. The second-order valence-electron chi connectivity index (χ2n) is 6.89. The van der Waals surface area contributed by atoms with Crippen molar-refractivity contribution in [2.24, 2.45) is 5.92 Å². The fourth-order valence-corrected chi connectivity index (χ4v) is 4.44. The molecule has 0 spiro atoms. The van der Waals surface area contributed by atoms with Gasteiger partial charge in [-0.1, -0.05) is 31.4 Å². The predicted molar refractivity (Wildman–Crippen MR) is 108 cm³/mol. The van der Waals surface area contributed by atoms with Crippen LogP contribution >= 0.6 is 11.3 Å². The van der Waals surface area contributed by atoms with Crippen LogP contribution < -0.4 is 15.4 Å². The lowest BCUT2D eigenvalue weighted by molar-refractivity contribution is -0.124. The number of benzene rings is 1. The number of methoxy groups -OCH3 is 1.